The van der Waals surface area contributed by atoms with Crippen molar-refractivity contribution in [1.82, 2.24) is 14.9 Å². The van der Waals surface area contributed by atoms with Crippen LogP contribution in [0.25, 0.3) is 0 Å². The number of halogens is 3. The van der Waals surface area contributed by atoms with Crippen molar-refractivity contribution in [2.45, 2.75) is 26.1 Å². The minimum Gasteiger partial charge on any atom is -0.471 e. The van der Waals surface area contributed by atoms with E-state index in [9.17, 15) is 22.8 Å². The number of nitrogens with zero attached hydrogens (tertiary/aromatic N) is 3. The number of carbonyl (C=O) groups is 1. The molecule has 0 saturated carbocycles. The minimum atomic E-state index is -4.64. The van der Waals surface area contributed by atoms with Gasteiger partial charge in [-0.15, -0.1) is 0 Å². The zero-order valence-corrected chi connectivity index (χ0v) is 22.3. The SMILES string of the molecule is Cc1c(Nc2cc[nH]c(=O)c2C(=O)Nc2ccc(N3CCN(C)CC3)c(C(F)(F)F)c2)cnc2c1NCC(C)O2. The van der Waals surface area contributed by atoms with Crippen LogP contribution in [0.4, 0.5) is 41.6 Å². The van der Waals surface area contributed by atoms with Crippen molar-refractivity contribution in [1.29, 1.82) is 0 Å². The molecule has 2 aliphatic heterocycles. The van der Waals surface area contributed by atoms with Gasteiger partial charge in [0.25, 0.3) is 11.5 Å². The molecule has 1 unspecified atom stereocenters. The molecule has 2 aromatic heterocycles. The van der Waals surface area contributed by atoms with Gasteiger partial charge in [0.05, 0.1) is 29.7 Å². The molecule has 40 heavy (non-hydrogen) atoms. The Hall–Kier alpha value is -4.26. The van der Waals surface area contributed by atoms with E-state index in [1.54, 1.807) is 4.90 Å². The summed E-state index contributed by atoms with van der Waals surface area (Å²) in [6, 6.07) is 5.17. The van der Waals surface area contributed by atoms with Crippen LogP contribution in [0.15, 0.2) is 41.5 Å². The number of carbonyl (C=O) groups excluding carboxylic acids is 1. The average Bonchev–Trinajstić information content (AvgIpc) is 2.90. The van der Waals surface area contributed by atoms with Gasteiger partial charge in [0.15, 0.2) is 0 Å². The van der Waals surface area contributed by atoms with Crippen LogP contribution in [0, 0.1) is 6.92 Å². The van der Waals surface area contributed by atoms with E-state index >= 15 is 0 Å². The van der Waals surface area contributed by atoms with E-state index in [0.717, 1.165) is 11.6 Å². The fraction of sp³-hybridized carbons (Fsp3) is 0.370. The molecule has 0 spiro atoms. The standard InChI is InChI=1S/C27H30F3N7O3/c1-15-13-32-23-16(2)20(14-33-26(23)40-15)35-19-6-7-31-24(38)22(19)25(39)34-17-4-5-21(18(12-17)27(28,29)30)37-10-8-36(3)9-11-37/h4-7,12,14-15,32H,8-11,13H2,1-3H3,(H,34,39)(H2,31,35,38). The number of alkyl halides is 3. The van der Waals surface area contributed by atoms with E-state index in [4.69, 9.17) is 4.74 Å². The molecule has 10 nitrogen and oxygen atoms in total. The molecule has 4 heterocycles. The van der Waals surface area contributed by atoms with Gasteiger partial charge in [-0.05, 0) is 45.2 Å². The van der Waals surface area contributed by atoms with Gasteiger partial charge in [-0.1, -0.05) is 0 Å². The number of rotatable bonds is 5. The van der Waals surface area contributed by atoms with E-state index in [2.05, 4.69) is 25.9 Å². The van der Waals surface area contributed by atoms with E-state index < -0.39 is 23.2 Å². The molecular weight excluding hydrogens is 527 g/mol. The zero-order valence-electron chi connectivity index (χ0n) is 22.3. The highest BCUT2D eigenvalue weighted by Crippen LogP contribution is 2.39. The number of anilines is 5. The van der Waals surface area contributed by atoms with Crippen molar-refractivity contribution in [3.05, 3.63) is 63.7 Å². The number of aromatic amines is 1. The number of fused-ring (bicyclic) bond motifs is 1. The van der Waals surface area contributed by atoms with Crippen LogP contribution in [0.3, 0.4) is 0 Å². The van der Waals surface area contributed by atoms with Gasteiger partial charge in [0, 0.05) is 49.3 Å². The quantitative estimate of drug-likeness (QED) is 0.372. The lowest BCUT2D eigenvalue weighted by atomic mass is 10.1. The summed E-state index contributed by atoms with van der Waals surface area (Å²) in [5.74, 6) is -0.408. The lowest BCUT2D eigenvalue weighted by molar-refractivity contribution is -0.137. The van der Waals surface area contributed by atoms with Crippen molar-refractivity contribution in [2.24, 2.45) is 0 Å². The summed E-state index contributed by atoms with van der Waals surface area (Å²) in [6.45, 7) is 6.54. The molecule has 0 bridgehead atoms. The number of pyridine rings is 2. The molecule has 0 aliphatic carbocycles. The molecule has 0 radical (unpaired) electrons. The number of likely N-dealkylation sites (N-methyl/N-ethyl adjacent to an activating group) is 1. The first-order valence-electron chi connectivity index (χ1n) is 12.9. The van der Waals surface area contributed by atoms with Crippen LogP contribution in [0.5, 0.6) is 5.88 Å². The Bertz CT molecular complexity index is 1480. The number of nitrogens with one attached hydrogen (secondary N) is 4. The second kappa shape index (κ2) is 10.7. The number of ether oxygens (including phenoxy) is 1. The fourth-order valence-corrected chi connectivity index (χ4v) is 4.79. The molecule has 1 fully saturated rings. The molecule has 1 atom stereocenters. The Morgan fingerprint density at radius 3 is 2.62 bits per heavy atom. The Kier molecular flexibility index (Phi) is 7.32. The molecule has 1 amide bonds. The molecule has 4 N–H and O–H groups in total. The Morgan fingerprint density at radius 1 is 1.15 bits per heavy atom. The first kappa shape index (κ1) is 27.3. The van der Waals surface area contributed by atoms with Crippen LogP contribution in [-0.2, 0) is 6.18 Å². The third-order valence-corrected chi connectivity index (χ3v) is 7.04. The summed E-state index contributed by atoms with van der Waals surface area (Å²) in [5, 5.41) is 8.81. The minimum absolute atomic E-state index is 0.0466. The average molecular weight is 558 g/mol. The highest BCUT2D eigenvalue weighted by atomic mass is 19.4. The van der Waals surface area contributed by atoms with E-state index in [0.29, 0.717) is 50.0 Å². The monoisotopic (exact) mass is 557 g/mol. The number of benzene rings is 1. The topological polar surface area (TPSA) is 115 Å². The fourth-order valence-electron chi connectivity index (χ4n) is 4.79. The Morgan fingerprint density at radius 2 is 1.90 bits per heavy atom. The normalized spacial score (nSPS) is 17.4. The lowest BCUT2D eigenvalue weighted by Crippen LogP contribution is -2.45. The molecule has 1 saturated heterocycles. The highest BCUT2D eigenvalue weighted by Gasteiger charge is 2.36. The Labute approximate surface area is 228 Å². The maximum Gasteiger partial charge on any atom is 0.418 e. The van der Waals surface area contributed by atoms with Crippen LogP contribution >= 0.6 is 0 Å². The van der Waals surface area contributed by atoms with E-state index in [-0.39, 0.29) is 28.7 Å². The molecule has 5 rings (SSSR count). The molecular formula is C27H30F3N7O3. The van der Waals surface area contributed by atoms with Crippen molar-refractivity contribution < 1.29 is 22.7 Å². The van der Waals surface area contributed by atoms with Gasteiger partial charge in [0.2, 0.25) is 5.88 Å². The van der Waals surface area contributed by atoms with Gasteiger partial charge in [0.1, 0.15) is 17.4 Å². The van der Waals surface area contributed by atoms with Crippen molar-refractivity contribution >= 4 is 34.3 Å². The number of H-pyrrole nitrogens is 1. The maximum absolute atomic E-state index is 14.0. The number of amides is 1. The van der Waals surface area contributed by atoms with Crippen molar-refractivity contribution in [3.8, 4) is 5.88 Å². The highest BCUT2D eigenvalue weighted by molar-refractivity contribution is 6.08. The molecule has 13 heteroatoms. The van der Waals surface area contributed by atoms with Crippen molar-refractivity contribution in [2.75, 3.05) is 60.6 Å². The van der Waals surface area contributed by atoms with Crippen molar-refractivity contribution in [3.63, 3.8) is 0 Å². The molecule has 2 aliphatic rings. The number of piperazine rings is 1. The van der Waals surface area contributed by atoms with Gasteiger partial charge in [-0.3, -0.25) is 9.59 Å². The van der Waals surface area contributed by atoms with Crippen LogP contribution in [0.2, 0.25) is 0 Å². The predicted octanol–water partition coefficient (Wildman–Crippen LogP) is 4.04. The smallest absolute Gasteiger partial charge is 0.418 e. The predicted molar refractivity (Wildman–Crippen MR) is 147 cm³/mol. The van der Waals surface area contributed by atoms with E-state index in [1.807, 2.05) is 25.8 Å². The third-order valence-electron chi connectivity index (χ3n) is 7.04. The van der Waals surface area contributed by atoms with Gasteiger partial charge in [-0.25, -0.2) is 4.98 Å². The summed E-state index contributed by atoms with van der Waals surface area (Å²) in [7, 11) is 1.92. The summed E-state index contributed by atoms with van der Waals surface area (Å²) in [6.07, 6.45) is -1.78. The third kappa shape index (κ3) is 5.55. The van der Waals surface area contributed by atoms with Gasteiger partial charge >= 0.3 is 6.18 Å². The number of aromatic nitrogens is 2. The second-order valence-electron chi connectivity index (χ2n) is 9.98. The number of hydrogen-bond acceptors (Lipinski definition) is 8. The largest absolute Gasteiger partial charge is 0.471 e. The zero-order chi connectivity index (χ0) is 28.6. The summed E-state index contributed by atoms with van der Waals surface area (Å²) in [5.41, 5.74) is 0.293. The second-order valence-corrected chi connectivity index (χ2v) is 9.98. The summed E-state index contributed by atoms with van der Waals surface area (Å²) >= 11 is 0. The first-order valence-corrected chi connectivity index (χ1v) is 12.9. The summed E-state index contributed by atoms with van der Waals surface area (Å²) in [4.78, 5) is 36.5. The van der Waals surface area contributed by atoms with Gasteiger partial charge in [-0.2, -0.15) is 13.2 Å². The van der Waals surface area contributed by atoms with Gasteiger partial charge < -0.3 is 35.5 Å². The first-order chi connectivity index (χ1) is 19.0. The van der Waals surface area contributed by atoms with Crippen LogP contribution < -0.4 is 31.1 Å². The molecule has 1 aromatic carbocycles. The van der Waals surface area contributed by atoms with E-state index in [1.165, 1.54) is 30.6 Å². The number of hydrogen-bond donors (Lipinski definition) is 4. The molecule has 212 valence electrons. The maximum atomic E-state index is 14.0. The molecule has 3 aromatic rings. The Balaban J connectivity index is 1.42. The summed E-state index contributed by atoms with van der Waals surface area (Å²) < 4.78 is 47.9. The lowest BCUT2D eigenvalue weighted by Gasteiger charge is -2.35. The van der Waals surface area contributed by atoms with Crippen LogP contribution in [-0.4, -0.2) is 66.7 Å². The van der Waals surface area contributed by atoms with Crippen LogP contribution in [0.1, 0.15) is 28.4 Å².